The number of nitrogens with zero attached hydrogens (tertiary/aromatic N) is 3. The molecule has 1 saturated heterocycles. The van der Waals surface area contributed by atoms with Gasteiger partial charge < -0.3 is 30.1 Å². The average molecular weight is 269 g/mol. The minimum absolute atomic E-state index is 0.0136. The maximum atomic E-state index is 9.82. The van der Waals surface area contributed by atoms with Gasteiger partial charge in [-0.1, -0.05) is 0 Å². The van der Waals surface area contributed by atoms with Crippen LogP contribution in [0.2, 0.25) is 0 Å². The van der Waals surface area contributed by atoms with Gasteiger partial charge >= 0.3 is 0 Å². The van der Waals surface area contributed by atoms with Crippen molar-refractivity contribution in [3.63, 3.8) is 0 Å². The van der Waals surface area contributed by atoms with E-state index in [2.05, 4.69) is 0 Å². The molecule has 1 aliphatic heterocycles. The van der Waals surface area contributed by atoms with Crippen LogP contribution in [0.25, 0.3) is 0 Å². The monoisotopic (exact) mass is 269 g/mol. The van der Waals surface area contributed by atoms with Crippen LogP contribution in [0.1, 0.15) is 0 Å². The van der Waals surface area contributed by atoms with Gasteiger partial charge in [-0.3, -0.25) is 0 Å². The first-order chi connectivity index (χ1) is 8.96. The Labute approximate surface area is 110 Å². The van der Waals surface area contributed by atoms with Gasteiger partial charge in [0.15, 0.2) is 5.57 Å². The number of aliphatic hydroxyl groups excluding tert-OH is 4. The number of hydrogen-bond donors (Lipinski definition) is 4. The normalized spacial score (nSPS) is 23.0. The summed E-state index contributed by atoms with van der Waals surface area (Å²) >= 11 is 0. The first kappa shape index (κ1) is 15.2. The highest BCUT2D eigenvalue weighted by Gasteiger charge is 2.39. The Morgan fingerprint density at radius 2 is 2.00 bits per heavy atom. The second-order valence-corrected chi connectivity index (χ2v) is 4.17. The third-order valence-corrected chi connectivity index (χ3v) is 2.81. The van der Waals surface area contributed by atoms with Crippen LogP contribution in [-0.4, -0.2) is 69.9 Å². The van der Waals surface area contributed by atoms with Crippen LogP contribution in [0.5, 0.6) is 0 Å². The Bertz CT molecular complexity index is 423. The van der Waals surface area contributed by atoms with Gasteiger partial charge in [-0.15, -0.1) is 0 Å². The van der Waals surface area contributed by atoms with Crippen molar-refractivity contribution in [1.29, 1.82) is 10.5 Å². The number of rotatable bonds is 4. The molecule has 0 saturated carbocycles. The molecule has 0 aromatic heterocycles. The summed E-state index contributed by atoms with van der Waals surface area (Å²) in [4.78, 5) is 1.45. The maximum absolute atomic E-state index is 9.82. The smallest absolute Gasteiger partial charge is 0.219 e. The molecule has 4 N–H and O–H groups in total. The van der Waals surface area contributed by atoms with Gasteiger partial charge in [0.2, 0.25) is 5.88 Å². The summed E-state index contributed by atoms with van der Waals surface area (Å²) in [6, 6.07) is 3.33. The number of nitriles is 2. The van der Waals surface area contributed by atoms with E-state index in [0.717, 1.165) is 0 Å². The van der Waals surface area contributed by atoms with Crippen LogP contribution < -0.4 is 0 Å². The standard InChI is InChI=1S/C11H15N3O5/c1-14-4-8(10(18)9(17)7(16)5-15)19-11(14)6(2-12)3-13/h7-10,15-18H,4-5H2,1H3/t7-,8+,9-,10-/m0/s1. The van der Waals surface area contributed by atoms with Gasteiger partial charge in [0.05, 0.1) is 13.2 Å². The topological polar surface area (TPSA) is 141 Å². The van der Waals surface area contributed by atoms with Crippen LogP contribution in [-0.2, 0) is 4.74 Å². The minimum atomic E-state index is -1.59. The molecule has 0 aromatic rings. The molecule has 19 heavy (non-hydrogen) atoms. The molecule has 0 radical (unpaired) electrons. The van der Waals surface area contributed by atoms with Gasteiger partial charge in [0, 0.05) is 7.05 Å². The van der Waals surface area contributed by atoms with Crippen LogP contribution in [0.4, 0.5) is 0 Å². The predicted molar refractivity (Wildman–Crippen MR) is 60.9 cm³/mol. The number of allylic oxidation sites excluding steroid dienone is 1. The van der Waals surface area contributed by atoms with E-state index in [-0.39, 0.29) is 18.0 Å². The van der Waals surface area contributed by atoms with Crippen molar-refractivity contribution in [2.45, 2.75) is 24.4 Å². The summed E-state index contributed by atoms with van der Waals surface area (Å²) in [6.45, 7) is -0.566. The van der Waals surface area contributed by atoms with Crippen LogP contribution >= 0.6 is 0 Å². The Morgan fingerprint density at radius 1 is 1.42 bits per heavy atom. The fourth-order valence-electron chi connectivity index (χ4n) is 1.73. The lowest BCUT2D eigenvalue weighted by Gasteiger charge is -2.24. The highest BCUT2D eigenvalue weighted by atomic mass is 16.5. The van der Waals surface area contributed by atoms with Gasteiger partial charge in [0.25, 0.3) is 0 Å². The van der Waals surface area contributed by atoms with Crippen molar-refractivity contribution in [1.82, 2.24) is 4.90 Å². The van der Waals surface area contributed by atoms with E-state index < -0.39 is 31.0 Å². The maximum Gasteiger partial charge on any atom is 0.219 e. The highest BCUT2D eigenvalue weighted by Crippen LogP contribution is 2.24. The summed E-state index contributed by atoms with van der Waals surface area (Å²) in [5, 5.41) is 54.8. The second kappa shape index (κ2) is 6.36. The summed E-state index contributed by atoms with van der Waals surface area (Å²) in [5.41, 5.74) is -0.241. The molecule has 0 amide bonds. The van der Waals surface area contributed by atoms with Crippen molar-refractivity contribution in [2.24, 2.45) is 0 Å². The van der Waals surface area contributed by atoms with Crippen molar-refractivity contribution < 1.29 is 25.2 Å². The van der Waals surface area contributed by atoms with E-state index >= 15 is 0 Å². The molecule has 1 aliphatic rings. The van der Waals surface area contributed by atoms with E-state index in [1.165, 1.54) is 4.90 Å². The molecular formula is C11H15N3O5. The number of aliphatic hydroxyl groups is 4. The zero-order chi connectivity index (χ0) is 14.6. The van der Waals surface area contributed by atoms with E-state index in [1.54, 1.807) is 19.2 Å². The number of likely N-dealkylation sites (N-methyl/N-ethyl adjacent to an activating group) is 1. The Hall–Kier alpha value is -1.84. The zero-order valence-electron chi connectivity index (χ0n) is 10.3. The molecule has 0 bridgehead atoms. The molecule has 0 spiro atoms. The molecule has 1 fully saturated rings. The Balaban J connectivity index is 2.84. The van der Waals surface area contributed by atoms with Crippen LogP contribution in [0.3, 0.4) is 0 Å². The Morgan fingerprint density at radius 3 is 2.47 bits per heavy atom. The van der Waals surface area contributed by atoms with Crippen LogP contribution in [0.15, 0.2) is 11.5 Å². The van der Waals surface area contributed by atoms with Crippen molar-refractivity contribution in [3.05, 3.63) is 11.5 Å². The van der Waals surface area contributed by atoms with Crippen molar-refractivity contribution in [2.75, 3.05) is 20.2 Å². The fourth-order valence-corrected chi connectivity index (χ4v) is 1.73. The summed E-state index contributed by atoms with van der Waals surface area (Å²) in [6.07, 6.45) is -5.45. The predicted octanol–water partition coefficient (Wildman–Crippen LogP) is -2.35. The van der Waals surface area contributed by atoms with E-state index in [4.69, 9.17) is 20.4 Å². The van der Waals surface area contributed by atoms with Crippen molar-refractivity contribution >= 4 is 0 Å². The molecular weight excluding hydrogens is 254 g/mol. The van der Waals surface area contributed by atoms with Gasteiger partial charge in [-0.05, 0) is 0 Å². The van der Waals surface area contributed by atoms with E-state index in [9.17, 15) is 15.3 Å². The first-order valence-electron chi connectivity index (χ1n) is 5.53. The quantitative estimate of drug-likeness (QED) is 0.416. The van der Waals surface area contributed by atoms with E-state index in [1.807, 2.05) is 0 Å². The molecule has 0 aliphatic carbocycles. The van der Waals surface area contributed by atoms with Gasteiger partial charge in [-0.25, -0.2) is 0 Å². The molecule has 1 heterocycles. The second-order valence-electron chi connectivity index (χ2n) is 4.17. The molecule has 1 rings (SSSR count). The molecule has 0 aromatic carbocycles. The first-order valence-corrected chi connectivity index (χ1v) is 5.53. The van der Waals surface area contributed by atoms with E-state index in [0.29, 0.717) is 0 Å². The summed E-state index contributed by atoms with van der Waals surface area (Å²) in [5.74, 6) is 0.0136. The lowest BCUT2D eigenvalue weighted by Crippen LogP contribution is -2.47. The zero-order valence-corrected chi connectivity index (χ0v) is 10.3. The fraction of sp³-hybridized carbons (Fsp3) is 0.636. The molecule has 4 atom stereocenters. The molecule has 0 unspecified atom stereocenters. The summed E-state index contributed by atoms with van der Waals surface area (Å²) < 4.78 is 5.25. The number of ether oxygens (including phenoxy) is 1. The van der Waals surface area contributed by atoms with Gasteiger partial charge in [0.1, 0.15) is 36.6 Å². The average Bonchev–Trinajstić information content (AvgIpc) is 2.80. The lowest BCUT2D eigenvalue weighted by molar-refractivity contribution is -0.110. The molecule has 8 nitrogen and oxygen atoms in total. The molecule has 8 heteroatoms. The number of hydrogen-bond acceptors (Lipinski definition) is 8. The largest absolute Gasteiger partial charge is 0.470 e. The molecule has 104 valence electrons. The highest BCUT2D eigenvalue weighted by molar-refractivity contribution is 5.38. The van der Waals surface area contributed by atoms with Gasteiger partial charge in [-0.2, -0.15) is 10.5 Å². The SMILES string of the molecule is CN1C[C@H]([C@H](O)[C@@H](O)[C@@H](O)CO)OC1=C(C#N)C#N. The van der Waals surface area contributed by atoms with Crippen LogP contribution in [0, 0.1) is 22.7 Å². The Kier molecular flexibility index (Phi) is 5.10. The summed E-state index contributed by atoms with van der Waals surface area (Å²) in [7, 11) is 1.56. The lowest BCUT2D eigenvalue weighted by atomic mass is 10.0. The third kappa shape index (κ3) is 3.13. The minimum Gasteiger partial charge on any atom is -0.470 e. The third-order valence-electron chi connectivity index (χ3n) is 2.81. The van der Waals surface area contributed by atoms with Crippen molar-refractivity contribution in [3.8, 4) is 12.1 Å².